The second-order valence-corrected chi connectivity index (χ2v) is 18.2. The number of aryl methyl sites for hydroxylation is 1. The van der Waals surface area contributed by atoms with Gasteiger partial charge in [0.25, 0.3) is 0 Å². The Balaban J connectivity index is 0.839. The summed E-state index contributed by atoms with van der Waals surface area (Å²) in [6.45, 7) is 9.66. The highest BCUT2D eigenvalue weighted by atomic mass is 16.5. The average molecular weight is 843 g/mol. The summed E-state index contributed by atoms with van der Waals surface area (Å²) >= 11 is 0. The van der Waals surface area contributed by atoms with Gasteiger partial charge in [0.1, 0.15) is 35.2 Å². The van der Waals surface area contributed by atoms with Crippen LogP contribution in [0.2, 0.25) is 0 Å². The van der Waals surface area contributed by atoms with Crippen molar-refractivity contribution in [3.05, 3.63) is 205 Å². The fourth-order valence-corrected chi connectivity index (χ4v) is 9.62. The molecule has 11 aromatic rings. The van der Waals surface area contributed by atoms with E-state index in [0.717, 1.165) is 89.2 Å². The van der Waals surface area contributed by atoms with Gasteiger partial charge in [-0.1, -0.05) is 118 Å². The molecule has 0 saturated heterocycles. The van der Waals surface area contributed by atoms with Crippen molar-refractivity contribution in [3.8, 4) is 39.6 Å². The molecule has 1 aliphatic heterocycles. The third kappa shape index (κ3) is 6.68. The van der Waals surface area contributed by atoms with Gasteiger partial charge >= 0.3 is 0 Å². The number of aromatic nitrogens is 2. The van der Waals surface area contributed by atoms with E-state index in [-0.39, 0.29) is 5.41 Å². The minimum Gasteiger partial charge on any atom is -0.457 e. The van der Waals surface area contributed by atoms with Gasteiger partial charge in [0.05, 0.1) is 22.4 Å². The van der Waals surface area contributed by atoms with E-state index >= 15 is 0 Å². The van der Waals surface area contributed by atoms with Crippen molar-refractivity contribution in [3.63, 3.8) is 0 Å². The number of rotatable bonds is 7. The molecule has 0 fully saturated rings. The zero-order valence-electron chi connectivity index (χ0n) is 36.8. The molecule has 6 heteroatoms. The van der Waals surface area contributed by atoms with Crippen molar-refractivity contribution in [2.75, 3.05) is 16.5 Å². The van der Waals surface area contributed by atoms with Gasteiger partial charge in [-0.2, -0.15) is 0 Å². The first-order chi connectivity index (χ1) is 31.7. The lowest BCUT2D eigenvalue weighted by molar-refractivity contribution is 0.483. The van der Waals surface area contributed by atoms with Gasteiger partial charge in [0, 0.05) is 56.8 Å². The molecule has 0 saturated carbocycles. The first-order valence-electron chi connectivity index (χ1n) is 22.3. The predicted octanol–water partition coefficient (Wildman–Crippen LogP) is 16.1. The maximum atomic E-state index is 6.72. The summed E-state index contributed by atoms with van der Waals surface area (Å²) in [6, 6.07) is 66.5. The van der Waals surface area contributed by atoms with Crippen LogP contribution in [0.25, 0.3) is 71.8 Å². The van der Waals surface area contributed by atoms with Crippen molar-refractivity contribution in [2.24, 2.45) is 0 Å². The minimum absolute atomic E-state index is 0.0575. The number of pyridine rings is 1. The molecule has 0 N–H and O–H groups in total. The smallest absolute Gasteiger partial charge is 0.137 e. The Hall–Kier alpha value is -8.09. The van der Waals surface area contributed by atoms with Gasteiger partial charge < -0.3 is 19.0 Å². The highest BCUT2D eigenvalue weighted by molar-refractivity contribution is 6.09. The Morgan fingerprint density at radius 3 is 1.92 bits per heavy atom. The lowest BCUT2D eigenvalue weighted by Crippen LogP contribution is -2.24. The van der Waals surface area contributed by atoms with Crippen molar-refractivity contribution < 1.29 is 9.15 Å². The fourth-order valence-electron chi connectivity index (χ4n) is 9.62. The van der Waals surface area contributed by atoms with Gasteiger partial charge in [-0.3, -0.25) is 4.57 Å². The predicted molar refractivity (Wildman–Crippen MR) is 269 cm³/mol. The molecule has 3 aromatic heterocycles. The van der Waals surface area contributed by atoms with Gasteiger partial charge in [-0.05, 0) is 119 Å². The molecule has 8 aromatic carbocycles. The van der Waals surface area contributed by atoms with Crippen LogP contribution in [0.4, 0.5) is 22.7 Å². The average Bonchev–Trinajstić information content (AvgIpc) is 4.01. The summed E-state index contributed by atoms with van der Waals surface area (Å²) in [5.41, 5.74) is 15.5. The highest BCUT2D eigenvalue weighted by Crippen LogP contribution is 2.46. The lowest BCUT2D eigenvalue weighted by atomic mass is 9.87. The summed E-state index contributed by atoms with van der Waals surface area (Å²) in [5.74, 6) is 2.39. The normalized spacial score (nSPS) is 12.8. The van der Waals surface area contributed by atoms with E-state index in [2.05, 4.69) is 212 Å². The van der Waals surface area contributed by atoms with Crippen LogP contribution < -0.4 is 14.5 Å². The van der Waals surface area contributed by atoms with Crippen LogP contribution in [0, 0.1) is 6.92 Å². The molecule has 0 unspecified atom stereocenters. The van der Waals surface area contributed by atoms with E-state index in [9.17, 15) is 0 Å². The van der Waals surface area contributed by atoms with Crippen molar-refractivity contribution in [2.45, 2.75) is 33.1 Å². The van der Waals surface area contributed by atoms with E-state index in [1.165, 1.54) is 28.0 Å². The number of fused-ring (bicyclic) bond motifs is 7. The van der Waals surface area contributed by atoms with E-state index in [0.29, 0.717) is 6.67 Å². The molecule has 0 aliphatic carbocycles. The molecule has 0 bridgehead atoms. The van der Waals surface area contributed by atoms with Crippen molar-refractivity contribution >= 4 is 66.5 Å². The molecule has 6 nitrogen and oxygen atoms in total. The molecular weight excluding hydrogens is 797 g/mol. The molecule has 65 heavy (non-hydrogen) atoms. The second-order valence-electron chi connectivity index (χ2n) is 18.2. The van der Waals surface area contributed by atoms with E-state index in [1.54, 1.807) is 0 Å². The van der Waals surface area contributed by atoms with Gasteiger partial charge in [-0.25, -0.2) is 4.98 Å². The Labute approximate surface area is 378 Å². The third-order valence-electron chi connectivity index (χ3n) is 13.0. The molecular formula is C59H46N4O2. The van der Waals surface area contributed by atoms with Crippen LogP contribution in [0.1, 0.15) is 31.9 Å². The van der Waals surface area contributed by atoms with Crippen molar-refractivity contribution in [1.82, 2.24) is 9.55 Å². The lowest BCUT2D eigenvalue weighted by Gasteiger charge is -2.25. The fraction of sp³-hybridized carbons (Fsp3) is 0.102. The topological polar surface area (TPSA) is 46.7 Å². The zero-order valence-corrected chi connectivity index (χ0v) is 36.8. The number of furan rings is 1. The minimum atomic E-state index is 0.0575. The van der Waals surface area contributed by atoms with Crippen LogP contribution in [-0.2, 0) is 5.41 Å². The molecule has 1 aliphatic rings. The molecule has 4 heterocycles. The summed E-state index contributed by atoms with van der Waals surface area (Å²) in [7, 11) is 0. The number of hydrogen-bond donors (Lipinski definition) is 0. The van der Waals surface area contributed by atoms with Crippen LogP contribution >= 0.6 is 0 Å². The highest BCUT2D eigenvalue weighted by Gasteiger charge is 2.29. The van der Waals surface area contributed by atoms with Gasteiger partial charge in [0.2, 0.25) is 0 Å². The number of benzene rings is 8. The Bertz CT molecular complexity index is 3630. The largest absolute Gasteiger partial charge is 0.457 e. The van der Waals surface area contributed by atoms with Crippen LogP contribution in [0.5, 0.6) is 11.5 Å². The molecule has 0 radical (unpaired) electrons. The number of anilines is 4. The quantitative estimate of drug-likeness (QED) is 0.160. The summed E-state index contributed by atoms with van der Waals surface area (Å²) < 4.78 is 15.2. The van der Waals surface area contributed by atoms with E-state index in [4.69, 9.17) is 14.1 Å². The van der Waals surface area contributed by atoms with E-state index in [1.807, 2.05) is 24.4 Å². The molecule has 0 atom stereocenters. The molecule has 12 rings (SSSR count). The zero-order chi connectivity index (χ0) is 43.8. The van der Waals surface area contributed by atoms with Crippen LogP contribution in [0.3, 0.4) is 0 Å². The maximum Gasteiger partial charge on any atom is 0.137 e. The summed E-state index contributed by atoms with van der Waals surface area (Å²) in [4.78, 5) is 9.89. The van der Waals surface area contributed by atoms with Crippen LogP contribution in [0.15, 0.2) is 199 Å². The Kier molecular flexibility index (Phi) is 8.92. The van der Waals surface area contributed by atoms with Gasteiger partial charge in [-0.15, -0.1) is 0 Å². The monoisotopic (exact) mass is 842 g/mol. The third-order valence-corrected chi connectivity index (χ3v) is 13.0. The van der Waals surface area contributed by atoms with Gasteiger partial charge in [0.15, 0.2) is 0 Å². The molecule has 0 spiro atoms. The standard InChI is InChI=1S/C59H46N4O2/c1-38-31-58(60-36-51(38)40-25-23-39(24-26-40)41-27-29-50-49-18-6-10-22-56(49)65-57(50)32-41)63-52-19-7-5-17-47(52)48-30-28-46(35-55(48)63)64-45-16-12-15-44(34-45)62-37-61(53-20-8-9-21-54(53)62)43-14-11-13-42(33-43)59(2,3)4/h5-36H,37H2,1-4H3. The maximum absolute atomic E-state index is 6.72. The molecule has 314 valence electrons. The first kappa shape index (κ1) is 38.6. The summed E-state index contributed by atoms with van der Waals surface area (Å²) in [5, 5.41) is 4.59. The first-order valence-corrected chi connectivity index (χ1v) is 22.3. The van der Waals surface area contributed by atoms with Crippen molar-refractivity contribution in [1.29, 1.82) is 0 Å². The van der Waals surface area contributed by atoms with Crippen LogP contribution in [-0.4, -0.2) is 16.2 Å². The number of nitrogens with zero attached hydrogens (tertiary/aromatic N) is 4. The number of hydrogen-bond acceptors (Lipinski definition) is 5. The van der Waals surface area contributed by atoms with E-state index < -0.39 is 0 Å². The summed E-state index contributed by atoms with van der Waals surface area (Å²) in [6.07, 6.45) is 2.01. The number of para-hydroxylation sites is 4. The SMILES string of the molecule is Cc1cc(-n2c3ccccc3c3ccc(Oc4cccc(N5CN(c6cccc(C(C)(C)C)c6)c6ccccc65)c4)cc32)ncc1-c1ccc(-c2ccc3c(c2)oc2ccccc23)cc1. The molecule has 0 amide bonds. The Morgan fingerprint density at radius 1 is 0.508 bits per heavy atom. The number of ether oxygens (including phenoxy) is 1. The Morgan fingerprint density at radius 2 is 1.14 bits per heavy atom. The second kappa shape index (κ2) is 15.0.